The van der Waals surface area contributed by atoms with E-state index in [1.807, 2.05) is 29.2 Å². The van der Waals surface area contributed by atoms with Gasteiger partial charge in [-0.15, -0.1) is 0 Å². The van der Waals surface area contributed by atoms with Crippen molar-refractivity contribution in [1.29, 1.82) is 0 Å². The molecule has 0 radical (unpaired) electrons. The van der Waals surface area contributed by atoms with Crippen molar-refractivity contribution < 1.29 is 14.3 Å². The predicted molar refractivity (Wildman–Crippen MR) is 118 cm³/mol. The third-order valence-electron chi connectivity index (χ3n) is 5.80. The summed E-state index contributed by atoms with van der Waals surface area (Å²) in [6.45, 7) is 6.22. The molecule has 1 aromatic carbocycles. The van der Waals surface area contributed by atoms with Crippen LogP contribution in [0.2, 0.25) is 0 Å². The molecule has 8 nitrogen and oxygen atoms in total. The standard InChI is InChI=1S/C23H29N5O3/c1-17(29)26-20-6-2-4-18(14-20)22-23(25-8-7-24-22)19-5-3-9-27(15-19)16-21(30)28-10-12-31-13-11-28/h2,4,6-8,14,19H,3,5,9-13,15-16H2,1H3,(H,26,29)/t19-/m0/s1. The molecule has 0 aliphatic carbocycles. The van der Waals surface area contributed by atoms with Crippen LogP contribution >= 0.6 is 0 Å². The smallest absolute Gasteiger partial charge is 0.236 e. The molecule has 2 amide bonds. The summed E-state index contributed by atoms with van der Waals surface area (Å²) in [7, 11) is 0. The summed E-state index contributed by atoms with van der Waals surface area (Å²) >= 11 is 0. The van der Waals surface area contributed by atoms with Gasteiger partial charge in [-0.25, -0.2) is 0 Å². The highest BCUT2D eigenvalue weighted by Crippen LogP contribution is 2.32. The second kappa shape index (κ2) is 9.98. The number of likely N-dealkylation sites (tertiary alicyclic amines) is 1. The molecular weight excluding hydrogens is 394 g/mol. The lowest BCUT2D eigenvalue weighted by atomic mass is 9.91. The fourth-order valence-electron chi connectivity index (χ4n) is 4.34. The van der Waals surface area contributed by atoms with E-state index < -0.39 is 0 Å². The molecule has 164 valence electrons. The molecule has 1 N–H and O–H groups in total. The second-order valence-electron chi connectivity index (χ2n) is 8.12. The Morgan fingerprint density at radius 3 is 2.77 bits per heavy atom. The summed E-state index contributed by atoms with van der Waals surface area (Å²) in [4.78, 5) is 37.6. The SMILES string of the molecule is CC(=O)Nc1cccc(-c2nccnc2[C@H]2CCCN(CC(=O)N3CCOCC3)C2)c1. The van der Waals surface area contributed by atoms with E-state index in [2.05, 4.69) is 20.2 Å². The van der Waals surface area contributed by atoms with E-state index in [0.717, 1.165) is 48.6 Å². The average molecular weight is 424 g/mol. The van der Waals surface area contributed by atoms with Crippen molar-refractivity contribution in [3.8, 4) is 11.3 Å². The maximum Gasteiger partial charge on any atom is 0.236 e. The number of anilines is 1. The lowest BCUT2D eigenvalue weighted by molar-refractivity contribution is -0.136. The number of rotatable bonds is 5. The first-order chi connectivity index (χ1) is 15.1. The van der Waals surface area contributed by atoms with Gasteiger partial charge in [0.05, 0.1) is 31.1 Å². The molecule has 31 heavy (non-hydrogen) atoms. The van der Waals surface area contributed by atoms with Crippen LogP contribution in [0.4, 0.5) is 5.69 Å². The molecule has 0 bridgehead atoms. The monoisotopic (exact) mass is 423 g/mol. The fourth-order valence-corrected chi connectivity index (χ4v) is 4.34. The predicted octanol–water partition coefficient (Wildman–Crippen LogP) is 2.14. The summed E-state index contributed by atoms with van der Waals surface area (Å²) in [6.07, 6.45) is 5.46. The summed E-state index contributed by atoms with van der Waals surface area (Å²) in [5.74, 6) is 0.273. The fraction of sp³-hybridized carbons (Fsp3) is 0.478. The number of benzene rings is 1. The molecule has 0 saturated carbocycles. The first-order valence-corrected chi connectivity index (χ1v) is 10.9. The van der Waals surface area contributed by atoms with Crippen LogP contribution in [0.5, 0.6) is 0 Å². The van der Waals surface area contributed by atoms with Gasteiger partial charge in [-0.05, 0) is 31.5 Å². The van der Waals surface area contributed by atoms with E-state index in [1.165, 1.54) is 6.92 Å². The highest BCUT2D eigenvalue weighted by molar-refractivity contribution is 5.89. The van der Waals surface area contributed by atoms with E-state index >= 15 is 0 Å². The van der Waals surface area contributed by atoms with Gasteiger partial charge in [-0.2, -0.15) is 0 Å². The summed E-state index contributed by atoms with van der Waals surface area (Å²) in [5, 5.41) is 2.83. The third kappa shape index (κ3) is 5.45. The molecule has 2 aliphatic rings. The lowest BCUT2D eigenvalue weighted by Crippen LogP contribution is -2.47. The van der Waals surface area contributed by atoms with Crippen molar-refractivity contribution in [1.82, 2.24) is 19.8 Å². The van der Waals surface area contributed by atoms with Gasteiger partial charge in [0.15, 0.2) is 0 Å². The summed E-state index contributed by atoms with van der Waals surface area (Å²) in [5.41, 5.74) is 3.45. The van der Waals surface area contributed by atoms with Gasteiger partial charge in [0, 0.05) is 56.1 Å². The van der Waals surface area contributed by atoms with Gasteiger partial charge in [-0.1, -0.05) is 12.1 Å². The molecule has 8 heteroatoms. The molecule has 2 fully saturated rings. The van der Waals surface area contributed by atoms with Gasteiger partial charge < -0.3 is 15.0 Å². The van der Waals surface area contributed by atoms with E-state index in [1.54, 1.807) is 12.4 Å². The normalized spacial score (nSPS) is 19.8. The van der Waals surface area contributed by atoms with Crippen molar-refractivity contribution in [3.05, 3.63) is 42.4 Å². The number of carbonyl (C=O) groups excluding carboxylic acids is 2. The highest BCUT2D eigenvalue weighted by atomic mass is 16.5. The quantitative estimate of drug-likeness (QED) is 0.793. The molecule has 1 aromatic heterocycles. The molecule has 4 rings (SSSR count). The van der Waals surface area contributed by atoms with E-state index in [0.29, 0.717) is 32.8 Å². The number of ether oxygens (including phenoxy) is 1. The first-order valence-electron chi connectivity index (χ1n) is 10.9. The topological polar surface area (TPSA) is 87.7 Å². The minimum Gasteiger partial charge on any atom is -0.378 e. The van der Waals surface area contributed by atoms with Crippen LogP contribution in [0.3, 0.4) is 0 Å². The summed E-state index contributed by atoms with van der Waals surface area (Å²) < 4.78 is 5.35. The number of morpholine rings is 1. The van der Waals surface area contributed by atoms with Crippen LogP contribution < -0.4 is 5.32 Å². The number of nitrogens with one attached hydrogen (secondary N) is 1. The zero-order chi connectivity index (χ0) is 21.6. The van der Waals surface area contributed by atoms with Crippen LogP contribution in [-0.2, 0) is 14.3 Å². The van der Waals surface area contributed by atoms with Crippen molar-refractivity contribution in [2.24, 2.45) is 0 Å². The number of nitrogens with zero attached hydrogens (tertiary/aromatic N) is 4. The largest absolute Gasteiger partial charge is 0.378 e. The second-order valence-corrected chi connectivity index (χ2v) is 8.12. The van der Waals surface area contributed by atoms with Crippen LogP contribution in [0.25, 0.3) is 11.3 Å². The maximum absolute atomic E-state index is 12.7. The van der Waals surface area contributed by atoms with Gasteiger partial charge in [0.25, 0.3) is 0 Å². The van der Waals surface area contributed by atoms with Crippen molar-refractivity contribution in [2.45, 2.75) is 25.7 Å². The Kier molecular flexibility index (Phi) is 6.89. The van der Waals surface area contributed by atoms with Crippen molar-refractivity contribution in [2.75, 3.05) is 51.3 Å². The number of piperidine rings is 1. The molecule has 0 unspecified atom stereocenters. The number of carbonyl (C=O) groups is 2. The number of aromatic nitrogens is 2. The molecule has 2 aromatic rings. The zero-order valence-electron chi connectivity index (χ0n) is 17.9. The zero-order valence-corrected chi connectivity index (χ0v) is 17.9. The molecule has 0 spiro atoms. The lowest BCUT2D eigenvalue weighted by Gasteiger charge is -2.34. The van der Waals surface area contributed by atoms with Crippen LogP contribution in [0.1, 0.15) is 31.4 Å². The van der Waals surface area contributed by atoms with Gasteiger partial charge in [-0.3, -0.25) is 24.5 Å². The van der Waals surface area contributed by atoms with E-state index in [9.17, 15) is 9.59 Å². The molecule has 1 atom stereocenters. The highest BCUT2D eigenvalue weighted by Gasteiger charge is 2.28. The number of amides is 2. The Labute approximate surface area is 182 Å². The van der Waals surface area contributed by atoms with Crippen molar-refractivity contribution in [3.63, 3.8) is 0 Å². The van der Waals surface area contributed by atoms with E-state index in [-0.39, 0.29) is 17.7 Å². The van der Waals surface area contributed by atoms with Gasteiger partial charge >= 0.3 is 0 Å². The van der Waals surface area contributed by atoms with E-state index in [4.69, 9.17) is 4.74 Å². The van der Waals surface area contributed by atoms with Crippen LogP contribution in [0.15, 0.2) is 36.7 Å². The maximum atomic E-state index is 12.7. The van der Waals surface area contributed by atoms with Gasteiger partial charge in [0.1, 0.15) is 0 Å². The summed E-state index contributed by atoms with van der Waals surface area (Å²) in [6, 6.07) is 7.69. The average Bonchev–Trinajstić information content (AvgIpc) is 2.79. The minimum atomic E-state index is -0.107. The minimum absolute atomic E-state index is 0.107. The number of hydrogen-bond donors (Lipinski definition) is 1. The Morgan fingerprint density at radius 1 is 1.16 bits per heavy atom. The van der Waals surface area contributed by atoms with Crippen molar-refractivity contribution >= 4 is 17.5 Å². The third-order valence-corrected chi connectivity index (χ3v) is 5.80. The van der Waals surface area contributed by atoms with Crippen LogP contribution in [0, 0.1) is 0 Å². The molecule has 2 aliphatic heterocycles. The molecular formula is C23H29N5O3. The Bertz CT molecular complexity index is 929. The Balaban J connectivity index is 1.49. The molecule has 2 saturated heterocycles. The number of hydrogen-bond acceptors (Lipinski definition) is 6. The Hall–Kier alpha value is -2.84. The Morgan fingerprint density at radius 2 is 1.97 bits per heavy atom. The van der Waals surface area contributed by atoms with Gasteiger partial charge in [0.2, 0.25) is 11.8 Å². The first kappa shape index (κ1) is 21.4. The van der Waals surface area contributed by atoms with Crippen LogP contribution in [-0.4, -0.2) is 77.5 Å². The molecule has 3 heterocycles.